The Bertz CT molecular complexity index is 362. The van der Waals surface area contributed by atoms with Crippen molar-refractivity contribution >= 4 is 6.09 Å². The van der Waals surface area contributed by atoms with Crippen LogP contribution < -0.4 is 10.6 Å². The molecule has 0 saturated carbocycles. The van der Waals surface area contributed by atoms with Crippen molar-refractivity contribution in [2.75, 3.05) is 13.2 Å². The number of amides is 1. The van der Waals surface area contributed by atoms with Crippen LogP contribution in [0.2, 0.25) is 0 Å². The Balaban J connectivity index is 2.57. The highest BCUT2D eigenvalue weighted by atomic mass is 16.6. The van der Waals surface area contributed by atoms with E-state index in [0.717, 1.165) is 45.3 Å². The van der Waals surface area contributed by atoms with E-state index in [4.69, 9.17) is 9.47 Å². The molecule has 5 heteroatoms. The maximum atomic E-state index is 12.2. The van der Waals surface area contributed by atoms with Gasteiger partial charge in [0.25, 0.3) is 0 Å². The number of carbonyl (C=O) groups excluding carboxylic acids is 1. The Hall–Kier alpha value is -0.810. The fourth-order valence-corrected chi connectivity index (χ4v) is 2.93. The summed E-state index contributed by atoms with van der Waals surface area (Å²) < 4.78 is 11.2. The molecule has 136 valence electrons. The first-order valence-electron chi connectivity index (χ1n) is 9.09. The lowest BCUT2D eigenvalue weighted by atomic mass is 9.91. The van der Waals surface area contributed by atoms with E-state index in [9.17, 15) is 4.79 Å². The third kappa shape index (κ3) is 7.08. The van der Waals surface area contributed by atoms with Crippen molar-refractivity contribution in [1.82, 2.24) is 10.6 Å². The monoisotopic (exact) mass is 328 g/mol. The molecule has 0 spiro atoms. The third-order valence-electron chi connectivity index (χ3n) is 4.67. The quantitative estimate of drug-likeness (QED) is 0.749. The largest absolute Gasteiger partial charge is 0.444 e. The highest BCUT2D eigenvalue weighted by molar-refractivity contribution is 5.68. The van der Waals surface area contributed by atoms with Crippen LogP contribution in [0.15, 0.2) is 0 Å². The van der Waals surface area contributed by atoms with Gasteiger partial charge in [0, 0.05) is 19.2 Å². The van der Waals surface area contributed by atoms with Gasteiger partial charge in [0.1, 0.15) is 5.60 Å². The van der Waals surface area contributed by atoms with E-state index >= 15 is 0 Å². The van der Waals surface area contributed by atoms with Gasteiger partial charge in [-0.2, -0.15) is 0 Å². The second-order valence-corrected chi connectivity index (χ2v) is 7.62. The van der Waals surface area contributed by atoms with E-state index in [1.54, 1.807) is 0 Å². The Morgan fingerprint density at radius 2 is 1.87 bits per heavy atom. The van der Waals surface area contributed by atoms with Gasteiger partial charge in [-0.3, -0.25) is 0 Å². The minimum Gasteiger partial charge on any atom is -0.444 e. The third-order valence-corrected chi connectivity index (χ3v) is 4.67. The molecule has 0 radical (unpaired) electrons. The van der Waals surface area contributed by atoms with Gasteiger partial charge in [0.15, 0.2) is 0 Å². The molecule has 1 rings (SSSR count). The Labute approximate surface area is 141 Å². The second kappa shape index (κ2) is 8.88. The smallest absolute Gasteiger partial charge is 0.408 e. The van der Waals surface area contributed by atoms with Crippen molar-refractivity contribution < 1.29 is 14.3 Å². The Kier molecular flexibility index (Phi) is 7.81. The molecular weight excluding hydrogens is 292 g/mol. The minimum absolute atomic E-state index is 0.262. The molecule has 0 aromatic rings. The molecule has 1 aliphatic heterocycles. The number of alkyl carbamates (subject to hydrolysis) is 1. The number of hydrogen-bond donors (Lipinski definition) is 2. The molecular formula is C18H36N2O3. The zero-order valence-electron chi connectivity index (χ0n) is 15.8. The molecule has 5 nitrogen and oxygen atoms in total. The van der Waals surface area contributed by atoms with Crippen molar-refractivity contribution in [3.8, 4) is 0 Å². The van der Waals surface area contributed by atoms with Crippen LogP contribution in [-0.4, -0.2) is 42.5 Å². The molecule has 1 amide bonds. The lowest BCUT2D eigenvalue weighted by Crippen LogP contribution is -2.57. The van der Waals surface area contributed by atoms with Crippen LogP contribution in [0.3, 0.4) is 0 Å². The van der Waals surface area contributed by atoms with Crippen LogP contribution in [-0.2, 0) is 9.47 Å². The summed E-state index contributed by atoms with van der Waals surface area (Å²) in [7, 11) is 0. The van der Waals surface area contributed by atoms with Gasteiger partial charge in [-0.25, -0.2) is 4.79 Å². The van der Waals surface area contributed by atoms with Crippen LogP contribution in [0.4, 0.5) is 4.79 Å². The van der Waals surface area contributed by atoms with Crippen LogP contribution in [0.1, 0.15) is 73.6 Å². The SMILES string of the molecule is CCC1CC(NCC(CC)(CC)NC(=O)OC(C)(C)C)CCO1. The molecule has 2 N–H and O–H groups in total. The highest BCUT2D eigenvalue weighted by Gasteiger charge is 2.32. The average Bonchev–Trinajstić information content (AvgIpc) is 2.50. The van der Waals surface area contributed by atoms with Gasteiger partial charge in [0.2, 0.25) is 0 Å². The van der Waals surface area contributed by atoms with Gasteiger partial charge < -0.3 is 20.1 Å². The Morgan fingerprint density at radius 3 is 2.39 bits per heavy atom. The summed E-state index contributed by atoms with van der Waals surface area (Å²) in [6.45, 7) is 13.6. The highest BCUT2D eigenvalue weighted by Crippen LogP contribution is 2.20. The van der Waals surface area contributed by atoms with Crippen molar-refractivity contribution in [3.05, 3.63) is 0 Å². The van der Waals surface area contributed by atoms with Gasteiger partial charge in [0.05, 0.1) is 11.6 Å². The zero-order chi connectivity index (χ0) is 17.5. The summed E-state index contributed by atoms with van der Waals surface area (Å²) in [5.74, 6) is 0. The molecule has 0 aromatic carbocycles. The molecule has 1 heterocycles. The van der Waals surface area contributed by atoms with E-state index in [1.807, 2.05) is 20.8 Å². The fourth-order valence-electron chi connectivity index (χ4n) is 2.93. The van der Waals surface area contributed by atoms with E-state index in [2.05, 4.69) is 31.4 Å². The molecule has 1 fully saturated rings. The van der Waals surface area contributed by atoms with Crippen LogP contribution in [0.5, 0.6) is 0 Å². The summed E-state index contributed by atoms with van der Waals surface area (Å²) in [5.41, 5.74) is -0.734. The number of nitrogens with one attached hydrogen (secondary N) is 2. The zero-order valence-corrected chi connectivity index (χ0v) is 15.8. The van der Waals surface area contributed by atoms with Gasteiger partial charge >= 0.3 is 6.09 Å². The van der Waals surface area contributed by atoms with Gasteiger partial charge in [-0.05, 0) is 52.9 Å². The van der Waals surface area contributed by atoms with Crippen LogP contribution in [0.25, 0.3) is 0 Å². The van der Waals surface area contributed by atoms with Crippen molar-refractivity contribution in [2.24, 2.45) is 0 Å². The predicted molar refractivity (Wildman–Crippen MR) is 93.7 cm³/mol. The topological polar surface area (TPSA) is 59.6 Å². The van der Waals surface area contributed by atoms with Crippen molar-refractivity contribution in [3.63, 3.8) is 0 Å². The van der Waals surface area contributed by atoms with E-state index in [-0.39, 0.29) is 11.6 Å². The molecule has 1 aliphatic rings. The standard InChI is InChI=1S/C18H36N2O3/c1-7-15-12-14(10-11-22-15)19-13-18(8-2,9-3)20-16(21)23-17(4,5)6/h14-15,19H,7-13H2,1-6H3,(H,20,21). The summed E-state index contributed by atoms with van der Waals surface area (Å²) in [6, 6.07) is 0.464. The maximum Gasteiger partial charge on any atom is 0.408 e. The lowest BCUT2D eigenvalue weighted by molar-refractivity contribution is -0.00180. The molecule has 2 atom stereocenters. The minimum atomic E-state index is -0.472. The van der Waals surface area contributed by atoms with E-state index in [0.29, 0.717) is 12.1 Å². The first-order valence-corrected chi connectivity index (χ1v) is 9.09. The number of hydrogen-bond acceptors (Lipinski definition) is 4. The summed E-state index contributed by atoms with van der Waals surface area (Å²) in [6.07, 6.45) is 4.91. The Morgan fingerprint density at radius 1 is 1.22 bits per heavy atom. The van der Waals surface area contributed by atoms with E-state index in [1.165, 1.54) is 0 Å². The summed E-state index contributed by atoms with van der Waals surface area (Å²) in [5, 5.41) is 6.74. The summed E-state index contributed by atoms with van der Waals surface area (Å²) >= 11 is 0. The first kappa shape index (κ1) is 20.2. The second-order valence-electron chi connectivity index (χ2n) is 7.62. The molecule has 1 saturated heterocycles. The molecule has 0 aliphatic carbocycles. The number of carbonyl (C=O) groups is 1. The van der Waals surface area contributed by atoms with Crippen molar-refractivity contribution in [1.29, 1.82) is 0 Å². The lowest BCUT2D eigenvalue weighted by Gasteiger charge is -2.37. The molecule has 0 bridgehead atoms. The van der Waals surface area contributed by atoms with Gasteiger partial charge in [-0.15, -0.1) is 0 Å². The van der Waals surface area contributed by atoms with E-state index < -0.39 is 5.60 Å². The summed E-state index contributed by atoms with van der Waals surface area (Å²) in [4.78, 5) is 12.2. The maximum absolute atomic E-state index is 12.2. The normalized spacial score (nSPS) is 22.7. The van der Waals surface area contributed by atoms with Gasteiger partial charge in [-0.1, -0.05) is 20.8 Å². The number of rotatable bonds is 7. The first-order chi connectivity index (χ1) is 10.7. The fraction of sp³-hybridized carbons (Fsp3) is 0.944. The molecule has 0 aromatic heterocycles. The average molecular weight is 328 g/mol. The van der Waals surface area contributed by atoms with Crippen molar-refractivity contribution in [2.45, 2.75) is 96.9 Å². The van der Waals surface area contributed by atoms with Crippen LogP contribution >= 0.6 is 0 Å². The molecule has 2 unspecified atom stereocenters. The predicted octanol–water partition coefficient (Wildman–Crippen LogP) is 3.62. The van der Waals surface area contributed by atoms with Crippen LogP contribution in [0, 0.1) is 0 Å². The number of ether oxygens (including phenoxy) is 2. The molecule has 23 heavy (non-hydrogen) atoms.